The van der Waals surface area contributed by atoms with Crippen LogP contribution in [0.5, 0.6) is 0 Å². The van der Waals surface area contributed by atoms with Crippen LogP contribution in [0.1, 0.15) is 12.8 Å². The van der Waals surface area contributed by atoms with Gasteiger partial charge in [0.1, 0.15) is 6.04 Å². The van der Waals surface area contributed by atoms with Crippen LogP contribution in [0.25, 0.3) is 0 Å². The van der Waals surface area contributed by atoms with Crippen molar-refractivity contribution in [3.63, 3.8) is 0 Å². The van der Waals surface area contributed by atoms with Gasteiger partial charge in [-0.3, -0.25) is 0 Å². The number of aryl methyl sites for hydroxylation is 1. The topological polar surface area (TPSA) is 60.5 Å². The quantitative estimate of drug-likeness (QED) is 0.777. The number of anilines is 1. The van der Waals surface area contributed by atoms with Crippen molar-refractivity contribution in [2.45, 2.75) is 24.9 Å². The standard InChI is InChI=1S/C12H19N3O2/c1-14-6-5-10(8-14)15-9(7-13)3-4-11(15)12(16)17-2/h5-6,8-9,11H,3-4,7,13H2,1-2H3/t9-,11+/m1/s1. The minimum absolute atomic E-state index is 0.176. The molecule has 5 nitrogen and oxygen atoms in total. The summed E-state index contributed by atoms with van der Waals surface area (Å²) in [5.41, 5.74) is 6.81. The fraction of sp³-hybridized carbons (Fsp3) is 0.583. The normalized spacial score (nSPS) is 24.1. The first-order valence-corrected chi connectivity index (χ1v) is 5.85. The molecular formula is C12H19N3O2. The van der Waals surface area contributed by atoms with Gasteiger partial charge in [0.25, 0.3) is 0 Å². The summed E-state index contributed by atoms with van der Waals surface area (Å²) in [5.74, 6) is -0.176. The van der Waals surface area contributed by atoms with Gasteiger partial charge in [-0.25, -0.2) is 4.79 Å². The van der Waals surface area contributed by atoms with Crippen molar-refractivity contribution < 1.29 is 9.53 Å². The van der Waals surface area contributed by atoms with Crippen LogP contribution in [0.3, 0.4) is 0 Å². The molecule has 0 radical (unpaired) electrons. The third kappa shape index (κ3) is 2.15. The van der Waals surface area contributed by atoms with Crippen molar-refractivity contribution in [1.82, 2.24) is 4.57 Å². The molecule has 1 aromatic rings. The van der Waals surface area contributed by atoms with E-state index in [2.05, 4.69) is 4.90 Å². The van der Waals surface area contributed by atoms with E-state index in [-0.39, 0.29) is 18.1 Å². The molecule has 0 spiro atoms. The molecular weight excluding hydrogens is 218 g/mol. The number of carbonyl (C=O) groups is 1. The second kappa shape index (κ2) is 4.79. The molecule has 1 saturated heterocycles. The first-order valence-electron chi connectivity index (χ1n) is 5.85. The van der Waals surface area contributed by atoms with Crippen molar-refractivity contribution in [3.05, 3.63) is 18.5 Å². The maximum Gasteiger partial charge on any atom is 0.328 e. The van der Waals surface area contributed by atoms with Crippen LogP contribution in [0, 0.1) is 0 Å². The minimum atomic E-state index is -0.198. The third-order valence-electron chi connectivity index (χ3n) is 3.36. The van der Waals surface area contributed by atoms with Gasteiger partial charge in [0.15, 0.2) is 0 Å². The van der Waals surface area contributed by atoms with Gasteiger partial charge in [0.05, 0.1) is 12.8 Å². The van der Waals surface area contributed by atoms with Crippen molar-refractivity contribution in [3.8, 4) is 0 Å². The average Bonchev–Trinajstić information content (AvgIpc) is 2.93. The molecule has 2 heterocycles. The van der Waals surface area contributed by atoms with Crippen LogP contribution in [-0.2, 0) is 16.6 Å². The molecule has 0 aromatic carbocycles. The van der Waals surface area contributed by atoms with Gasteiger partial charge in [-0.1, -0.05) is 0 Å². The molecule has 2 rings (SSSR count). The summed E-state index contributed by atoms with van der Waals surface area (Å²) in [7, 11) is 3.39. The number of esters is 1. The van der Waals surface area contributed by atoms with Crippen LogP contribution in [0.4, 0.5) is 5.69 Å². The lowest BCUT2D eigenvalue weighted by molar-refractivity contribution is -0.142. The highest BCUT2D eigenvalue weighted by molar-refractivity contribution is 5.81. The molecule has 17 heavy (non-hydrogen) atoms. The van der Waals surface area contributed by atoms with Gasteiger partial charge in [0.2, 0.25) is 0 Å². The SMILES string of the molecule is COC(=O)[C@@H]1CC[C@H](CN)N1c1ccn(C)c1. The molecule has 94 valence electrons. The first-order chi connectivity index (χ1) is 8.17. The zero-order valence-electron chi connectivity index (χ0n) is 10.3. The maximum absolute atomic E-state index is 11.8. The molecule has 0 unspecified atom stereocenters. The van der Waals surface area contributed by atoms with E-state index in [1.54, 1.807) is 0 Å². The second-order valence-electron chi connectivity index (χ2n) is 4.45. The van der Waals surface area contributed by atoms with Gasteiger partial charge in [-0.05, 0) is 18.9 Å². The Hall–Kier alpha value is -1.49. The average molecular weight is 237 g/mol. The molecule has 1 aliphatic rings. The van der Waals surface area contributed by atoms with Crippen LogP contribution in [0.15, 0.2) is 18.5 Å². The summed E-state index contributed by atoms with van der Waals surface area (Å²) in [5, 5.41) is 0. The van der Waals surface area contributed by atoms with E-state index in [9.17, 15) is 4.79 Å². The number of hydrogen-bond acceptors (Lipinski definition) is 4. The van der Waals surface area contributed by atoms with Crippen LogP contribution in [0.2, 0.25) is 0 Å². The number of hydrogen-bond donors (Lipinski definition) is 1. The van der Waals surface area contributed by atoms with E-state index in [1.807, 2.05) is 30.1 Å². The number of nitrogens with zero attached hydrogens (tertiary/aromatic N) is 2. The van der Waals surface area contributed by atoms with Gasteiger partial charge in [-0.15, -0.1) is 0 Å². The lowest BCUT2D eigenvalue weighted by Gasteiger charge is -2.29. The van der Waals surface area contributed by atoms with Gasteiger partial charge in [0, 0.05) is 32.0 Å². The van der Waals surface area contributed by atoms with E-state index < -0.39 is 0 Å². The number of carbonyl (C=O) groups excluding carboxylic acids is 1. The lowest BCUT2D eigenvalue weighted by atomic mass is 10.2. The molecule has 2 atom stereocenters. The predicted molar refractivity (Wildman–Crippen MR) is 65.8 cm³/mol. The highest BCUT2D eigenvalue weighted by atomic mass is 16.5. The Bertz CT molecular complexity index is 402. The molecule has 0 aliphatic carbocycles. The number of methoxy groups -OCH3 is 1. The molecule has 0 amide bonds. The fourth-order valence-corrected chi connectivity index (χ4v) is 2.51. The predicted octanol–water partition coefficient (Wildman–Crippen LogP) is 0.494. The van der Waals surface area contributed by atoms with E-state index in [1.165, 1.54) is 7.11 Å². The maximum atomic E-state index is 11.8. The molecule has 1 aromatic heterocycles. The van der Waals surface area contributed by atoms with E-state index in [4.69, 9.17) is 10.5 Å². The summed E-state index contributed by atoms with van der Waals surface area (Å²) >= 11 is 0. The summed E-state index contributed by atoms with van der Waals surface area (Å²) in [6.07, 6.45) is 5.72. The zero-order valence-corrected chi connectivity index (χ0v) is 10.3. The Kier molecular flexibility index (Phi) is 3.38. The van der Waals surface area contributed by atoms with Crippen molar-refractivity contribution in [2.24, 2.45) is 12.8 Å². The Morgan fingerprint density at radius 3 is 2.88 bits per heavy atom. The zero-order chi connectivity index (χ0) is 12.4. The first kappa shape index (κ1) is 12.0. The van der Waals surface area contributed by atoms with E-state index in [0.717, 1.165) is 18.5 Å². The summed E-state index contributed by atoms with van der Waals surface area (Å²) in [6, 6.07) is 2.03. The fourth-order valence-electron chi connectivity index (χ4n) is 2.51. The van der Waals surface area contributed by atoms with Crippen LogP contribution < -0.4 is 10.6 Å². The van der Waals surface area contributed by atoms with Gasteiger partial charge >= 0.3 is 5.97 Å². The lowest BCUT2D eigenvalue weighted by Crippen LogP contribution is -2.44. The minimum Gasteiger partial charge on any atom is -0.467 e. The Balaban J connectivity index is 2.27. The van der Waals surface area contributed by atoms with Crippen molar-refractivity contribution in [1.29, 1.82) is 0 Å². The molecule has 0 bridgehead atoms. The summed E-state index contributed by atoms with van der Waals surface area (Å²) < 4.78 is 6.83. The third-order valence-corrected chi connectivity index (χ3v) is 3.36. The number of aromatic nitrogens is 1. The molecule has 1 aliphatic heterocycles. The Morgan fingerprint density at radius 1 is 1.59 bits per heavy atom. The highest BCUT2D eigenvalue weighted by Gasteiger charge is 2.38. The van der Waals surface area contributed by atoms with E-state index >= 15 is 0 Å². The number of nitrogens with two attached hydrogens (primary N) is 1. The monoisotopic (exact) mass is 237 g/mol. The number of rotatable bonds is 3. The molecule has 0 saturated carbocycles. The van der Waals surface area contributed by atoms with Crippen molar-refractivity contribution in [2.75, 3.05) is 18.6 Å². The summed E-state index contributed by atoms with van der Waals surface area (Å²) in [4.78, 5) is 13.8. The van der Waals surface area contributed by atoms with Crippen LogP contribution >= 0.6 is 0 Å². The highest BCUT2D eigenvalue weighted by Crippen LogP contribution is 2.30. The molecule has 2 N–H and O–H groups in total. The largest absolute Gasteiger partial charge is 0.467 e. The smallest absolute Gasteiger partial charge is 0.328 e. The van der Waals surface area contributed by atoms with Gasteiger partial charge < -0.3 is 19.9 Å². The van der Waals surface area contributed by atoms with E-state index in [0.29, 0.717) is 6.54 Å². The number of ether oxygens (including phenoxy) is 1. The van der Waals surface area contributed by atoms with Crippen molar-refractivity contribution >= 4 is 11.7 Å². The molecule has 5 heteroatoms. The second-order valence-corrected chi connectivity index (χ2v) is 4.45. The molecule has 1 fully saturated rings. The Labute approximate surface area is 101 Å². The Morgan fingerprint density at radius 2 is 2.35 bits per heavy atom. The van der Waals surface area contributed by atoms with Gasteiger partial charge in [-0.2, -0.15) is 0 Å². The summed E-state index contributed by atoms with van der Waals surface area (Å²) in [6.45, 7) is 0.558. The van der Waals surface area contributed by atoms with Crippen LogP contribution in [-0.4, -0.2) is 36.3 Å².